The number of carboxylic acid groups (broad SMARTS) is 1. The zero-order valence-electron chi connectivity index (χ0n) is 11.5. The van der Waals surface area contributed by atoms with Crippen molar-refractivity contribution in [1.29, 1.82) is 0 Å². The van der Waals surface area contributed by atoms with Crippen LogP contribution in [-0.2, 0) is 9.53 Å². The molecule has 0 spiro atoms. The van der Waals surface area contributed by atoms with E-state index in [4.69, 9.17) is 4.74 Å². The van der Waals surface area contributed by atoms with Crippen molar-refractivity contribution in [1.82, 2.24) is 4.90 Å². The van der Waals surface area contributed by atoms with Crippen LogP contribution in [0.3, 0.4) is 0 Å². The summed E-state index contributed by atoms with van der Waals surface area (Å²) in [5.41, 5.74) is 0. The van der Waals surface area contributed by atoms with E-state index in [0.717, 1.165) is 25.3 Å². The van der Waals surface area contributed by atoms with Crippen molar-refractivity contribution in [2.24, 2.45) is 11.8 Å². The van der Waals surface area contributed by atoms with Gasteiger partial charge in [0.15, 0.2) is 0 Å². The Bertz CT molecular complexity index is 293. The van der Waals surface area contributed by atoms with Gasteiger partial charge in [-0.25, -0.2) is 0 Å². The number of aliphatic carboxylic acids is 1. The summed E-state index contributed by atoms with van der Waals surface area (Å²) < 4.78 is 5.32. The average Bonchev–Trinajstić information content (AvgIpc) is 2.39. The summed E-state index contributed by atoms with van der Waals surface area (Å²) in [6, 6.07) is 0.00538. The molecule has 0 amide bonds. The molecule has 1 aliphatic carbocycles. The van der Waals surface area contributed by atoms with Crippen molar-refractivity contribution in [3.63, 3.8) is 0 Å². The molecule has 3 atom stereocenters. The van der Waals surface area contributed by atoms with Gasteiger partial charge in [0.25, 0.3) is 0 Å². The van der Waals surface area contributed by atoms with Crippen LogP contribution < -0.4 is 0 Å². The van der Waals surface area contributed by atoms with Crippen molar-refractivity contribution in [3.05, 3.63) is 0 Å². The summed E-state index contributed by atoms with van der Waals surface area (Å²) >= 11 is 0. The van der Waals surface area contributed by atoms with E-state index in [9.17, 15) is 9.90 Å². The first-order valence-electron chi connectivity index (χ1n) is 7.16. The minimum absolute atomic E-state index is 0.345. The van der Waals surface area contributed by atoms with E-state index in [0.29, 0.717) is 25.2 Å². The third kappa shape index (κ3) is 3.04. The zero-order chi connectivity index (χ0) is 13.1. The minimum atomic E-state index is -0.735. The molecule has 4 heteroatoms. The number of hydrogen-bond acceptors (Lipinski definition) is 3. The van der Waals surface area contributed by atoms with Gasteiger partial charge in [-0.1, -0.05) is 26.7 Å². The summed E-state index contributed by atoms with van der Waals surface area (Å²) in [4.78, 5) is 13.5. The Balaban J connectivity index is 2.01. The molecule has 2 fully saturated rings. The highest BCUT2D eigenvalue weighted by atomic mass is 16.5. The highest BCUT2D eigenvalue weighted by molar-refractivity contribution is 5.73. The number of ether oxygens (including phenoxy) is 1. The van der Waals surface area contributed by atoms with Crippen LogP contribution in [-0.4, -0.2) is 47.8 Å². The molecule has 2 aliphatic rings. The third-order valence-electron chi connectivity index (χ3n) is 4.55. The molecule has 0 bridgehead atoms. The standard InChI is InChI=1S/C14H25NO3/c1-10(2)11-4-3-5-12(8-11)15-6-7-18-9-13(15)14(16)17/h10-13H,3-9H2,1-2H3,(H,16,17). The Hall–Kier alpha value is -0.610. The first-order chi connectivity index (χ1) is 8.59. The topological polar surface area (TPSA) is 49.8 Å². The van der Waals surface area contributed by atoms with Gasteiger partial charge in [0.05, 0.1) is 13.2 Å². The number of carbonyl (C=O) groups is 1. The maximum atomic E-state index is 11.3. The van der Waals surface area contributed by atoms with Gasteiger partial charge >= 0.3 is 5.97 Å². The molecule has 1 aliphatic heterocycles. The van der Waals surface area contributed by atoms with Crippen LogP contribution in [0.5, 0.6) is 0 Å². The van der Waals surface area contributed by atoms with Gasteiger partial charge in [-0.05, 0) is 24.7 Å². The molecule has 104 valence electrons. The van der Waals surface area contributed by atoms with Gasteiger partial charge < -0.3 is 9.84 Å². The van der Waals surface area contributed by atoms with Crippen LogP contribution in [0.2, 0.25) is 0 Å². The van der Waals surface area contributed by atoms with Gasteiger partial charge in [-0.2, -0.15) is 0 Å². The van der Waals surface area contributed by atoms with E-state index < -0.39 is 12.0 Å². The molecule has 1 N–H and O–H groups in total. The van der Waals surface area contributed by atoms with Gasteiger partial charge in [-0.3, -0.25) is 9.69 Å². The first kappa shape index (κ1) is 13.8. The SMILES string of the molecule is CC(C)C1CCCC(N2CCOCC2C(=O)O)C1. The molecule has 18 heavy (non-hydrogen) atoms. The van der Waals surface area contributed by atoms with Gasteiger partial charge in [0.2, 0.25) is 0 Å². The second-order valence-corrected chi connectivity index (χ2v) is 5.99. The van der Waals surface area contributed by atoms with Crippen molar-refractivity contribution < 1.29 is 14.6 Å². The summed E-state index contributed by atoms with van der Waals surface area (Å²) in [5, 5.41) is 9.29. The highest BCUT2D eigenvalue weighted by Crippen LogP contribution is 2.33. The summed E-state index contributed by atoms with van der Waals surface area (Å²) in [6.07, 6.45) is 4.84. The molecule has 2 rings (SSSR count). The van der Waals surface area contributed by atoms with Crippen molar-refractivity contribution in [2.75, 3.05) is 19.8 Å². The molecular weight excluding hydrogens is 230 g/mol. The number of morpholine rings is 1. The van der Waals surface area contributed by atoms with Crippen LogP contribution in [0.15, 0.2) is 0 Å². The lowest BCUT2D eigenvalue weighted by Crippen LogP contribution is -2.55. The fraction of sp³-hybridized carbons (Fsp3) is 0.929. The van der Waals surface area contributed by atoms with E-state index in [1.165, 1.54) is 12.8 Å². The van der Waals surface area contributed by atoms with Crippen LogP contribution in [0.1, 0.15) is 39.5 Å². The molecule has 1 saturated heterocycles. The lowest BCUT2D eigenvalue weighted by molar-refractivity contribution is -0.152. The molecule has 0 aromatic carbocycles. The maximum absolute atomic E-state index is 11.3. The quantitative estimate of drug-likeness (QED) is 0.838. The fourth-order valence-corrected chi connectivity index (χ4v) is 3.37. The first-order valence-corrected chi connectivity index (χ1v) is 7.16. The van der Waals surface area contributed by atoms with E-state index in [1.807, 2.05) is 0 Å². The summed E-state index contributed by atoms with van der Waals surface area (Å²) in [6.45, 7) is 6.35. The number of rotatable bonds is 3. The molecule has 1 saturated carbocycles. The van der Waals surface area contributed by atoms with E-state index in [-0.39, 0.29) is 0 Å². The molecule has 0 radical (unpaired) electrons. The second-order valence-electron chi connectivity index (χ2n) is 5.99. The van der Waals surface area contributed by atoms with E-state index in [1.54, 1.807) is 0 Å². The Morgan fingerprint density at radius 2 is 2.17 bits per heavy atom. The highest BCUT2D eigenvalue weighted by Gasteiger charge is 2.36. The summed E-state index contributed by atoms with van der Waals surface area (Å²) in [7, 11) is 0. The van der Waals surface area contributed by atoms with Crippen LogP contribution in [0, 0.1) is 11.8 Å². The van der Waals surface area contributed by atoms with E-state index >= 15 is 0 Å². The maximum Gasteiger partial charge on any atom is 0.323 e. The Labute approximate surface area is 109 Å². The zero-order valence-corrected chi connectivity index (χ0v) is 11.5. The Kier molecular flexibility index (Phi) is 4.62. The van der Waals surface area contributed by atoms with Crippen LogP contribution in [0.25, 0.3) is 0 Å². The lowest BCUT2D eigenvalue weighted by Gasteiger charge is -2.43. The van der Waals surface area contributed by atoms with Gasteiger partial charge in [0, 0.05) is 12.6 Å². The van der Waals surface area contributed by atoms with Gasteiger partial charge in [0.1, 0.15) is 6.04 Å². The van der Waals surface area contributed by atoms with Crippen LogP contribution in [0.4, 0.5) is 0 Å². The van der Waals surface area contributed by atoms with Crippen molar-refractivity contribution in [3.8, 4) is 0 Å². The molecule has 1 heterocycles. The van der Waals surface area contributed by atoms with Gasteiger partial charge in [-0.15, -0.1) is 0 Å². The Morgan fingerprint density at radius 1 is 1.39 bits per heavy atom. The molecule has 3 unspecified atom stereocenters. The normalized spacial score (nSPS) is 34.7. The smallest absolute Gasteiger partial charge is 0.323 e. The van der Waals surface area contributed by atoms with Crippen molar-refractivity contribution >= 4 is 5.97 Å². The monoisotopic (exact) mass is 255 g/mol. The van der Waals surface area contributed by atoms with Crippen molar-refractivity contribution in [2.45, 2.75) is 51.6 Å². The predicted octanol–water partition coefficient (Wildman–Crippen LogP) is 1.99. The third-order valence-corrected chi connectivity index (χ3v) is 4.55. The molecule has 0 aromatic heterocycles. The van der Waals surface area contributed by atoms with E-state index in [2.05, 4.69) is 18.7 Å². The number of nitrogens with zero attached hydrogens (tertiary/aromatic N) is 1. The molecular formula is C14H25NO3. The largest absolute Gasteiger partial charge is 0.480 e. The molecule has 4 nitrogen and oxygen atoms in total. The number of hydrogen-bond donors (Lipinski definition) is 1. The number of carboxylic acids is 1. The Morgan fingerprint density at radius 3 is 2.83 bits per heavy atom. The summed E-state index contributed by atoms with van der Waals surface area (Å²) in [5.74, 6) is 0.722. The average molecular weight is 255 g/mol. The predicted molar refractivity (Wildman–Crippen MR) is 69.5 cm³/mol. The fourth-order valence-electron chi connectivity index (χ4n) is 3.37. The second kappa shape index (κ2) is 6.02. The minimum Gasteiger partial charge on any atom is -0.480 e. The van der Waals surface area contributed by atoms with Crippen LogP contribution >= 0.6 is 0 Å². The molecule has 0 aromatic rings. The lowest BCUT2D eigenvalue weighted by atomic mass is 9.78.